The van der Waals surface area contributed by atoms with Crippen LogP contribution in [-0.2, 0) is 14.1 Å². The average Bonchev–Trinajstić information content (AvgIpc) is 2.35. The molecule has 0 aromatic carbocycles. The van der Waals surface area contributed by atoms with Gasteiger partial charge in [0.05, 0.1) is 0 Å². The number of piperidine rings is 1. The number of nitrogens with zero attached hydrogens (tertiary/aromatic N) is 3. The Bertz CT molecular complexity index is 513. The molecule has 0 unspecified atom stereocenters. The summed E-state index contributed by atoms with van der Waals surface area (Å²) < 4.78 is 7.67. The number of rotatable bonds is 2. The van der Waals surface area contributed by atoms with Crippen LogP contribution in [0.3, 0.4) is 0 Å². The van der Waals surface area contributed by atoms with Gasteiger partial charge in [0.25, 0.3) is 5.88 Å². The molecule has 1 aromatic rings. The summed E-state index contributed by atoms with van der Waals surface area (Å²) in [6.45, 7) is 1.74. The Balaban J connectivity index is 2.27. The lowest BCUT2D eigenvalue weighted by Gasteiger charge is -2.22. The van der Waals surface area contributed by atoms with E-state index in [0.717, 1.165) is 35.2 Å². The maximum Gasteiger partial charge on any atom is 0.347 e. The summed E-state index contributed by atoms with van der Waals surface area (Å²) >= 11 is 0. The van der Waals surface area contributed by atoms with Crippen molar-refractivity contribution in [3.63, 3.8) is 0 Å². The Hall–Kier alpha value is -1.63. The molecule has 7 heteroatoms. The second kappa shape index (κ2) is 4.70. The highest BCUT2D eigenvalue weighted by atomic mass is 16.5. The summed E-state index contributed by atoms with van der Waals surface area (Å²) in [7, 11) is 2.92. The first-order valence-corrected chi connectivity index (χ1v) is 5.61. The predicted molar refractivity (Wildman–Crippen MR) is 61.2 cm³/mol. The molecule has 0 aliphatic carbocycles. The summed E-state index contributed by atoms with van der Waals surface area (Å²) in [6, 6.07) is 0. The first-order valence-electron chi connectivity index (χ1n) is 5.61. The molecule has 1 aliphatic heterocycles. The van der Waals surface area contributed by atoms with Crippen LogP contribution in [0.1, 0.15) is 12.8 Å². The fourth-order valence-electron chi connectivity index (χ4n) is 1.81. The van der Waals surface area contributed by atoms with Crippen LogP contribution in [0.15, 0.2) is 9.59 Å². The molecule has 2 rings (SSSR count). The van der Waals surface area contributed by atoms with E-state index in [2.05, 4.69) is 10.4 Å². The minimum absolute atomic E-state index is 0.00139. The molecule has 0 saturated carbocycles. The second-order valence-electron chi connectivity index (χ2n) is 4.14. The minimum atomic E-state index is -0.480. The van der Waals surface area contributed by atoms with Gasteiger partial charge in [0.2, 0.25) is 0 Å². The van der Waals surface area contributed by atoms with Gasteiger partial charge in [-0.15, -0.1) is 5.10 Å². The molecule has 0 radical (unpaired) electrons. The predicted octanol–water partition coefficient (Wildman–Crippen LogP) is -1.39. The third-order valence-electron chi connectivity index (χ3n) is 2.86. The zero-order chi connectivity index (χ0) is 12.4. The van der Waals surface area contributed by atoms with Crippen LogP contribution in [0, 0.1) is 0 Å². The van der Waals surface area contributed by atoms with E-state index in [1.165, 1.54) is 14.1 Å². The van der Waals surface area contributed by atoms with Crippen molar-refractivity contribution < 1.29 is 4.74 Å². The molecule has 17 heavy (non-hydrogen) atoms. The number of hydrogen-bond acceptors (Lipinski definition) is 5. The standard InChI is InChI=1S/C10H16N4O3/c1-13-9(15)8(12-14(2)10(13)16)17-7-3-5-11-6-4-7/h7,11H,3-6H2,1-2H3. The summed E-state index contributed by atoms with van der Waals surface area (Å²) in [4.78, 5) is 23.2. The number of ether oxygens (including phenoxy) is 1. The highest BCUT2D eigenvalue weighted by molar-refractivity contribution is 5.02. The zero-order valence-corrected chi connectivity index (χ0v) is 9.97. The Morgan fingerprint density at radius 1 is 1.29 bits per heavy atom. The van der Waals surface area contributed by atoms with Crippen molar-refractivity contribution in [2.45, 2.75) is 18.9 Å². The van der Waals surface area contributed by atoms with E-state index in [1.54, 1.807) is 0 Å². The van der Waals surface area contributed by atoms with Crippen LogP contribution in [0.2, 0.25) is 0 Å². The summed E-state index contributed by atoms with van der Waals surface area (Å²) in [5.74, 6) is 0.00139. The molecular weight excluding hydrogens is 224 g/mol. The van der Waals surface area contributed by atoms with Gasteiger partial charge in [-0.05, 0) is 25.9 Å². The molecule has 1 saturated heterocycles. The third-order valence-corrected chi connectivity index (χ3v) is 2.86. The van der Waals surface area contributed by atoms with Crippen LogP contribution in [0.5, 0.6) is 5.88 Å². The molecule has 0 bridgehead atoms. The van der Waals surface area contributed by atoms with Crippen molar-refractivity contribution in [1.29, 1.82) is 0 Å². The van der Waals surface area contributed by atoms with Crippen molar-refractivity contribution in [3.05, 3.63) is 20.8 Å². The van der Waals surface area contributed by atoms with Gasteiger partial charge < -0.3 is 10.1 Å². The molecule has 1 N–H and O–H groups in total. The van der Waals surface area contributed by atoms with Crippen LogP contribution >= 0.6 is 0 Å². The fourth-order valence-corrected chi connectivity index (χ4v) is 1.81. The summed E-state index contributed by atoms with van der Waals surface area (Å²) in [6.07, 6.45) is 1.68. The van der Waals surface area contributed by atoms with Crippen molar-refractivity contribution in [1.82, 2.24) is 19.7 Å². The van der Waals surface area contributed by atoms with Crippen molar-refractivity contribution in [2.24, 2.45) is 14.1 Å². The largest absolute Gasteiger partial charge is 0.469 e. The fraction of sp³-hybridized carbons (Fsp3) is 0.700. The van der Waals surface area contributed by atoms with E-state index in [0.29, 0.717) is 0 Å². The van der Waals surface area contributed by atoms with Crippen LogP contribution in [0.25, 0.3) is 0 Å². The Labute approximate surface area is 98.0 Å². The van der Waals surface area contributed by atoms with E-state index >= 15 is 0 Å². The molecule has 1 aromatic heterocycles. The summed E-state index contributed by atoms with van der Waals surface area (Å²) in [5.41, 5.74) is -0.931. The first-order chi connectivity index (χ1) is 8.09. The molecule has 0 atom stereocenters. The van der Waals surface area contributed by atoms with Crippen LogP contribution in [0.4, 0.5) is 0 Å². The van der Waals surface area contributed by atoms with Crippen molar-refractivity contribution in [2.75, 3.05) is 13.1 Å². The maximum atomic E-state index is 11.8. The molecule has 2 heterocycles. The Morgan fingerprint density at radius 3 is 2.59 bits per heavy atom. The second-order valence-corrected chi connectivity index (χ2v) is 4.14. The maximum absolute atomic E-state index is 11.8. The van der Waals surface area contributed by atoms with Gasteiger partial charge in [0.1, 0.15) is 6.10 Å². The highest BCUT2D eigenvalue weighted by Gasteiger charge is 2.18. The number of aryl methyl sites for hydroxylation is 1. The number of hydrogen-bond donors (Lipinski definition) is 1. The molecule has 0 amide bonds. The van der Waals surface area contributed by atoms with E-state index in [9.17, 15) is 9.59 Å². The van der Waals surface area contributed by atoms with Crippen molar-refractivity contribution >= 4 is 0 Å². The SMILES string of the molecule is Cn1nc(OC2CCNCC2)c(=O)n(C)c1=O. The Kier molecular flexibility index (Phi) is 3.28. The molecular formula is C10H16N4O3. The van der Waals surface area contributed by atoms with E-state index in [4.69, 9.17) is 4.74 Å². The number of aromatic nitrogens is 3. The van der Waals surface area contributed by atoms with Gasteiger partial charge in [0, 0.05) is 14.1 Å². The quantitative estimate of drug-likeness (QED) is 0.688. The Morgan fingerprint density at radius 2 is 1.94 bits per heavy atom. The van der Waals surface area contributed by atoms with Crippen molar-refractivity contribution in [3.8, 4) is 5.88 Å². The van der Waals surface area contributed by atoms with Crippen LogP contribution < -0.4 is 21.3 Å². The van der Waals surface area contributed by atoms with E-state index in [1.807, 2.05) is 0 Å². The normalized spacial score (nSPS) is 17.1. The molecule has 1 fully saturated rings. The molecule has 0 spiro atoms. The lowest BCUT2D eigenvalue weighted by molar-refractivity contribution is 0.148. The monoisotopic (exact) mass is 240 g/mol. The number of nitrogens with one attached hydrogen (secondary N) is 1. The molecule has 7 nitrogen and oxygen atoms in total. The van der Waals surface area contributed by atoms with E-state index < -0.39 is 11.2 Å². The van der Waals surface area contributed by atoms with Gasteiger partial charge in [-0.25, -0.2) is 9.48 Å². The topological polar surface area (TPSA) is 78.2 Å². The minimum Gasteiger partial charge on any atom is -0.469 e. The average molecular weight is 240 g/mol. The zero-order valence-electron chi connectivity index (χ0n) is 9.97. The van der Waals surface area contributed by atoms with Gasteiger partial charge in [-0.1, -0.05) is 0 Å². The third kappa shape index (κ3) is 2.38. The lowest BCUT2D eigenvalue weighted by Crippen LogP contribution is -2.41. The smallest absolute Gasteiger partial charge is 0.347 e. The molecule has 1 aliphatic rings. The molecule has 94 valence electrons. The van der Waals surface area contributed by atoms with Crippen LogP contribution in [-0.4, -0.2) is 33.5 Å². The van der Waals surface area contributed by atoms with Gasteiger partial charge >= 0.3 is 11.2 Å². The highest BCUT2D eigenvalue weighted by Crippen LogP contribution is 2.08. The lowest BCUT2D eigenvalue weighted by atomic mass is 10.1. The van der Waals surface area contributed by atoms with Gasteiger partial charge in [-0.3, -0.25) is 9.36 Å². The van der Waals surface area contributed by atoms with Gasteiger partial charge in [-0.2, -0.15) is 0 Å². The first kappa shape index (κ1) is 11.8. The van der Waals surface area contributed by atoms with Gasteiger partial charge in [0.15, 0.2) is 0 Å². The summed E-state index contributed by atoms with van der Waals surface area (Å²) in [5, 5.41) is 7.06. The van der Waals surface area contributed by atoms with E-state index in [-0.39, 0.29) is 12.0 Å².